The van der Waals surface area contributed by atoms with Crippen LogP contribution in [0.3, 0.4) is 0 Å². The van der Waals surface area contributed by atoms with Gasteiger partial charge in [-0.05, 0) is 45.1 Å². The van der Waals surface area contributed by atoms with Gasteiger partial charge in [-0.2, -0.15) is 0 Å². The van der Waals surface area contributed by atoms with Gasteiger partial charge in [0.2, 0.25) is 0 Å². The molecule has 1 saturated heterocycles. The summed E-state index contributed by atoms with van der Waals surface area (Å²) in [6.45, 7) is 1.91. The van der Waals surface area contributed by atoms with E-state index in [1.54, 1.807) is 6.07 Å². The molecular formula is C14H21ClN4O. The molecule has 1 fully saturated rings. The van der Waals surface area contributed by atoms with E-state index < -0.39 is 0 Å². The average molecular weight is 297 g/mol. The number of nitrogens with two attached hydrogens (primary N) is 1. The maximum absolute atomic E-state index is 8.91. The zero-order valence-electron chi connectivity index (χ0n) is 11.9. The lowest BCUT2D eigenvalue weighted by Crippen LogP contribution is -2.42. The quantitative estimate of drug-likeness (QED) is 0.387. The Labute approximate surface area is 124 Å². The Bertz CT molecular complexity index is 496. The average Bonchev–Trinajstić information content (AvgIpc) is 2.46. The van der Waals surface area contributed by atoms with Crippen molar-refractivity contribution in [2.75, 3.05) is 32.1 Å². The van der Waals surface area contributed by atoms with Crippen molar-refractivity contribution in [1.82, 2.24) is 4.90 Å². The number of piperidine rings is 1. The number of halogens is 1. The van der Waals surface area contributed by atoms with Crippen molar-refractivity contribution in [2.45, 2.75) is 18.9 Å². The van der Waals surface area contributed by atoms with Crippen LogP contribution in [0.15, 0.2) is 23.4 Å². The van der Waals surface area contributed by atoms with Gasteiger partial charge in [-0.1, -0.05) is 16.8 Å². The number of nitrogens with zero attached hydrogens (tertiary/aromatic N) is 3. The molecule has 1 heterocycles. The van der Waals surface area contributed by atoms with Gasteiger partial charge in [-0.25, -0.2) is 0 Å². The first kappa shape index (κ1) is 14.9. The maximum Gasteiger partial charge on any atom is 0.172 e. The largest absolute Gasteiger partial charge is 0.409 e. The first-order chi connectivity index (χ1) is 9.52. The van der Waals surface area contributed by atoms with Crippen LogP contribution in [0.2, 0.25) is 5.02 Å². The second kappa shape index (κ2) is 6.33. The molecule has 3 N–H and O–H groups in total. The van der Waals surface area contributed by atoms with Gasteiger partial charge in [0.1, 0.15) is 0 Å². The number of hydrogen-bond acceptors (Lipinski definition) is 4. The number of anilines is 1. The molecule has 2 rings (SSSR count). The predicted octanol–water partition coefficient (Wildman–Crippen LogP) is 1.96. The van der Waals surface area contributed by atoms with Gasteiger partial charge in [-0.3, -0.25) is 0 Å². The Morgan fingerprint density at radius 3 is 2.60 bits per heavy atom. The van der Waals surface area contributed by atoms with Crippen LogP contribution in [0.25, 0.3) is 0 Å². The second-order valence-electron chi connectivity index (χ2n) is 5.33. The highest BCUT2D eigenvalue weighted by Gasteiger charge is 2.23. The van der Waals surface area contributed by atoms with E-state index in [0.717, 1.165) is 31.6 Å². The van der Waals surface area contributed by atoms with Gasteiger partial charge in [-0.15, -0.1) is 0 Å². The molecule has 1 aromatic rings. The van der Waals surface area contributed by atoms with E-state index in [2.05, 4.69) is 29.1 Å². The molecule has 0 bridgehead atoms. The number of amidine groups is 1. The summed E-state index contributed by atoms with van der Waals surface area (Å²) in [7, 11) is 4.23. The molecule has 0 aromatic heterocycles. The van der Waals surface area contributed by atoms with Crippen molar-refractivity contribution in [3.63, 3.8) is 0 Å². The first-order valence-electron chi connectivity index (χ1n) is 6.71. The van der Waals surface area contributed by atoms with E-state index in [0.29, 0.717) is 16.6 Å². The fourth-order valence-corrected chi connectivity index (χ4v) is 2.84. The van der Waals surface area contributed by atoms with E-state index in [-0.39, 0.29) is 5.84 Å². The fourth-order valence-electron chi connectivity index (χ4n) is 2.67. The zero-order valence-corrected chi connectivity index (χ0v) is 12.6. The summed E-state index contributed by atoms with van der Waals surface area (Å²) in [5, 5.41) is 12.6. The third kappa shape index (κ3) is 3.16. The van der Waals surface area contributed by atoms with E-state index in [4.69, 9.17) is 22.5 Å². The monoisotopic (exact) mass is 296 g/mol. The van der Waals surface area contributed by atoms with Crippen molar-refractivity contribution in [1.29, 1.82) is 0 Å². The van der Waals surface area contributed by atoms with Crippen molar-refractivity contribution >= 4 is 23.1 Å². The highest BCUT2D eigenvalue weighted by Crippen LogP contribution is 2.27. The van der Waals surface area contributed by atoms with Gasteiger partial charge in [0.25, 0.3) is 0 Å². The minimum Gasteiger partial charge on any atom is -0.409 e. The van der Waals surface area contributed by atoms with Crippen LogP contribution < -0.4 is 10.6 Å². The van der Waals surface area contributed by atoms with Crippen LogP contribution in [-0.2, 0) is 0 Å². The third-order valence-electron chi connectivity index (χ3n) is 3.88. The molecule has 0 amide bonds. The molecule has 0 radical (unpaired) electrons. The van der Waals surface area contributed by atoms with E-state index in [9.17, 15) is 0 Å². The topological polar surface area (TPSA) is 65.1 Å². The summed E-state index contributed by atoms with van der Waals surface area (Å²) in [6, 6.07) is 6.13. The van der Waals surface area contributed by atoms with Gasteiger partial charge in [0, 0.05) is 35.4 Å². The molecular weight excluding hydrogens is 276 g/mol. The lowest BCUT2D eigenvalue weighted by molar-refractivity contribution is 0.249. The smallest absolute Gasteiger partial charge is 0.172 e. The van der Waals surface area contributed by atoms with Crippen molar-refractivity contribution in [3.05, 3.63) is 28.8 Å². The van der Waals surface area contributed by atoms with Crippen molar-refractivity contribution in [2.24, 2.45) is 10.9 Å². The normalized spacial score (nSPS) is 17.8. The molecule has 1 aromatic carbocycles. The molecule has 20 heavy (non-hydrogen) atoms. The molecule has 0 saturated carbocycles. The maximum atomic E-state index is 8.91. The van der Waals surface area contributed by atoms with Gasteiger partial charge >= 0.3 is 0 Å². The molecule has 0 atom stereocenters. The lowest BCUT2D eigenvalue weighted by Gasteiger charge is -2.37. The molecule has 5 nitrogen and oxygen atoms in total. The van der Waals surface area contributed by atoms with Crippen LogP contribution in [0.1, 0.15) is 18.4 Å². The zero-order chi connectivity index (χ0) is 14.7. The summed E-state index contributed by atoms with van der Waals surface area (Å²) in [5.74, 6) is 0.0947. The van der Waals surface area contributed by atoms with Gasteiger partial charge < -0.3 is 20.7 Å². The fraction of sp³-hybridized carbons (Fsp3) is 0.500. The van der Waals surface area contributed by atoms with E-state index in [1.165, 1.54) is 0 Å². The Balaban J connectivity index is 2.22. The SMILES string of the molecule is CN(C)C1CCN(c2ccc(Cl)cc2C(N)=NO)CC1. The Morgan fingerprint density at radius 1 is 1.40 bits per heavy atom. The molecule has 1 aliphatic heterocycles. The van der Waals surface area contributed by atoms with E-state index >= 15 is 0 Å². The van der Waals surface area contributed by atoms with E-state index in [1.807, 2.05) is 12.1 Å². The van der Waals surface area contributed by atoms with Crippen LogP contribution in [0, 0.1) is 0 Å². The van der Waals surface area contributed by atoms with Crippen molar-refractivity contribution in [3.8, 4) is 0 Å². The molecule has 110 valence electrons. The second-order valence-corrected chi connectivity index (χ2v) is 5.76. The summed E-state index contributed by atoms with van der Waals surface area (Å²) >= 11 is 6.00. The van der Waals surface area contributed by atoms with Crippen LogP contribution >= 0.6 is 11.6 Å². The molecule has 0 aliphatic carbocycles. The Morgan fingerprint density at radius 2 is 2.05 bits per heavy atom. The summed E-state index contributed by atoms with van der Waals surface area (Å²) in [4.78, 5) is 4.54. The number of rotatable bonds is 3. The van der Waals surface area contributed by atoms with Gasteiger partial charge in [0.15, 0.2) is 5.84 Å². The van der Waals surface area contributed by atoms with Crippen molar-refractivity contribution < 1.29 is 5.21 Å². The number of oxime groups is 1. The summed E-state index contributed by atoms with van der Waals surface area (Å²) in [6.07, 6.45) is 2.20. The highest BCUT2D eigenvalue weighted by atomic mass is 35.5. The molecule has 0 spiro atoms. The molecule has 1 aliphatic rings. The molecule has 0 unspecified atom stereocenters. The predicted molar refractivity (Wildman–Crippen MR) is 82.9 cm³/mol. The summed E-state index contributed by atoms with van der Waals surface area (Å²) < 4.78 is 0. The summed E-state index contributed by atoms with van der Waals surface area (Å²) in [5.41, 5.74) is 7.41. The van der Waals surface area contributed by atoms with Crippen LogP contribution in [0.5, 0.6) is 0 Å². The minimum atomic E-state index is 0.0947. The number of benzene rings is 1. The van der Waals surface area contributed by atoms with Crippen LogP contribution in [-0.4, -0.2) is 49.2 Å². The molecule has 6 heteroatoms. The Hall–Kier alpha value is -1.46. The van der Waals surface area contributed by atoms with Gasteiger partial charge in [0.05, 0.1) is 0 Å². The third-order valence-corrected chi connectivity index (χ3v) is 4.11. The first-order valence-corrected chi connectivity index (χ1v) is 7.09. The highest BCUT2D eigenvalue weighted by molar-refractivity contribution is 6.31. The van der Waals surface area contributed by atoms with Crippen LogP contribution in [0.4, 0.5) is 5.69 Å². The number of hydrogen-bond donors (Lipinski definition) is 2. The lowest BCUT2D eigenvalue weighted by atomic mass is 10.0. The Kier molecular flexibility index (Phi) is 4.73. The minimum absolute atomic E-state index is 0.0947. The standard InChI is InChI=1S/C14H21ClN4O/c1-18(2)11-5-7-19(8-6-11)13-4-3-10(15)9-12(13)14(16)17-20/h3-4,9,11,20H,5-8H2,1-2H3,(H2,16,17).